The van der Waals surface area contributed by atoms with Crippen molar-refractivity contribution in [3.8, 4) is 5.75 Å². The third-order valence-corrected chi connectivity index (χ3v) is 6.76. The lowest BCUT2D eigenvalue weighted by Gasteiger charge is -2.32. The first-order chi connectivity index (χ1) is 16.9. The molecule has 7 heteroatoms. The Hall–Kier alpha value is -2.38. The highest BCUT2D eigenvalue weighted by Crippen LogP contribution is 2.21. The molecule has 0 bridgehead atoms. The molecule has 2 amide bonds. The molecule has 2 N–H and O–H groups in total. The van der Waals surface area contributed by atoms with Gasteiger partial charge in [0, 0.05) is 11.3 Å². The minimum atomic E-state index is -0.225. The van der Waals surface area contributed by atoms with Gasteiger partial charge in [-0.15, -0.1) is 0 Å². The van der Waals surface area contributed by atoms with Gasteiger partial charge < -0.3 is 36.8 Å². The number of benzene rings is 2. The third kappa shape index (κ3) is 10.7. The van der Waals surface area contributed by atoms with Crippen LogP contribution in [0.4, 0.5) is 5.69 Å². The zero-order chi connectivity index (χ0) is 25.5. The number of rotatable bonds is 16. The second-order valence-electron chi connectivity index (χ2n) is 9.38. The predicted molar refractivity (Wildman–Crippen MR) is 144 cm³/mol. The summed E-state index contributed by atoms with van der Waals surface area (Å²) in [6.07, 6.45) is 7.15. The number of ether oxygens (including phenoxy) is 1. The fourth-order valence-corrected chi connectivity index (χ4v) is 3.83. The number of hydrogen-bond acceptors (Lipinski definition) is 3. The second-order valence-corrected chi connectivity index (χ2v) is 9.38. The molecule has 0 saturated carbocycles. The number of carbonyl (C=O) groups is 2. The highest BCUT2D eigenvalue weighted by atomic mass is 79.9. The van der Waals surface area contributed by atoms with E-state index >= 15 is 0 Å². The molecule has 6 nitrogen and oxygen atoms in total. The molecule has 0 aromatic heterocycles. The van der Waals surface area contributed by atoms with Crippen molar-refractivity contribution in [1.29, 1.82) is 0 Å². The molecule has 0 spiro atoms. The SMILES string of the molecule is CCCCCCCCOc1ccccc1C(=O)Nc1ccc(C(=O)NCC[N+](C)(CC)CC)cc1.[Br-]. The van der Waals surface area contributed by atoms with Crippen molar-refractivity contribution in [1.82, 2.24) is 5.32 Å². The summed E-state index contributed by atoms with van der Waals surface area (Å²) in [6.45, 7) is 10.7. The van der Waals surface area contributed by atoms with Gasteiger partial charge in [-0.2, -0.15) is 0 Å². The Balaban J connectivity index is 0.00000648. The van der Waals surface area contributed by atoms with Crippen LogP contribution < -0.4 is 32.4 Å². The largest absolute Gasteiger partial charge is 1.00 e. The van der Waals surface area contributed by atoms with Crippen LogP contribution in [0.15, 0.2) is 48.5 Å². The molecule has 36 heavy (non-hydrogen) atoms. The van der Waals surface area contributed by atoms with Crippen molar-refractivity contribution < 1.29 is 35.8 Å². The van der Waals surface area contributed by atoms with Gasteiger partial charge in [0.15, 0.2) is 0 Å². The van der Waals surface area contributed by atoms with Crippen molar-refractivity contribution in [2.45, 2.75) is 59.3 Å². The Bertz CT molecular complexity index is 914. The maximum absolute atomic E-state index is 12.9. The molecule has 2 rings (SSSR count). The molecule has 2 aromatic rings. The number of amides is 2. The van der Waals surface area contributed by atoms with E-state index in [4.69, 9.17) is 4.74 Å². The van der Waals surface area contributed by atoms with Crippen molar-refractivity contribution >= 4 is 17.5 Å². The number of nitrogens with one attached hydrogen (secondary N) is 2. The number of halogens is 1. The van der Waals surface area contributed by atoms with Crippen molar-refractivity contribution in [3.05, 3.63) is 59.7 Å². The van der Waals surface area contributed by atoms with Crippen LogP contribution in [0, 0.1) is 0 Å². The molecule has 2 aromatic carbocycles. The minimum absolute atomic E-state index is 0. The van der Waals surface area contributed by atoms with Crippen molar-refractivity contribution in [2.75, 3.05) is 45.2 Å². The fraction of sp³-hybridized carbons (Fsp3) is 0.517. The Labute approximate surface area is 228 Å². The highest BCUT2D eigenvalue weighted by molar-refractivity contribution is 6.06. The normalized spacial score (nSPS) is 10.9. The van der Waals surface area contributed by atoms with E-state index < -0.39 is 0 Å². The number of hydrogen-bond donors (Lipinski definition) is 2. The van der Waals surface area contributed by atoms with Crippen LogP contribution in [0.5, 0.6) is 5.75 Å². The van der Waals surface area contributed by atoms with E-state index in [1.165, 1.54) is 25.7 Å². The summed E-state index contributed by atoms with van der Waals surface area (Å²) in [4.78, 5) is 25.4. The fourth-order valence-electron chi connectivity index (χ4n) is 3.83. The van der Waals surface area contributed by atoms with Crippen LogP contribution in [0.2, 0.25) is 0 Å². The van der Waals surface area contributed by atoms with Crippen LogP contribution in [-0.2, 0) is 0 Å². The molecule has 0 aliphatic heterocycles. The van der Waals surface area contributed by atoms with Gasteiger partial charge in [0.05, 0.1) is 45.4 Å². The number of unbranched alkanes of at least 4 members (excludes halogenated alkanes) is 5. The Morgan fingerprint density at radius 1 is 0.833 bits per heavy atom. The molecule has 0 radical (unpaired) electrons. The third-order valence-electron chi connectivity index (χ3n) is 6.76. The maximum Gasteiger partial charge on any atom is 0.259 e. The smallest absolute Gasteiger partial charge is 0.259 e. The summed E-state index contributed by atoms with van der Waals surface area (Å²) in [5.41, 5.74) is 1.72. The number of para-hydroxylation sites is 1. The molecule has 0 heterocycles. The standard InChI is InChI=1S/C29H43N3O3.BrH/c1-5-8-9-10-11-14-23-35-27-16-13-12-15-26(27)29(34)31-25-19-17-24(18-20-25)28(33)30-21-22-32(4,6-2)7-3;/h12-13,15-20H,5-11,14,21-23H2,1-4H3,(H-,30,31,33,34);1H. The Morgan fingerprint density at radius 3 is 2.14 bits per heavy atom. The Morgan fingerprint density at radius 2 is 1.47 bits per heavy atom. The lowest BCUT2D eigenvalue weighted by molar-refractivity contribution is -0.904. The summed E-state index contributed by atoms with van der Waals surface area (Å²) < 4.78 is 6.84. The maximum atomic E-state index is 12.9. The zero-order valence-electron chi connectivity index (χ0n) is 22.4. The van der Waals surface area contributed by atoms with Gasteiger partial charge >= 0.3 is 0 Å². The molecular formula is C29H44BrN3O3. The van der Waals surface area contributed by atoms with Crippen LogP contribution in [0.25, 0.3) is 0 Å². The van der Waals surface area contributed by atoms with Crippen LogP contribution in [0.3, 0.4) is 0 Å². The van der Waals surface area contributed by atoms with Crippen LogP contribution >= 0.6 is 0 Å². The minimum Gasteiger partial charge on any atom is -1.00 e. The van der Waals surface area contributed by atoms with Crippen molar-refractivity contribution in [3.63, 3.8) is 0 Å². The summed E-state index contributed by atoms with van der Waals surface area (Å²) >= 11 is 0. The predicted octanol–water partition coefficient (Wildman–Crippen LogP) is 2.90. The van der Waals surface area contributed by atoms with Gasteiger partial charge in [0.25, 0.3) is 11.8 Å². The number of anilines is 1. The average molecular weight is 563 g/mol. The van der Waals surface area contributed by atoms with E-state index in [2.05, 4.69) is 38.5 Å². The zero-order valence-corrected chi connectivity index (χ0v) is 24.0. The molecule has 200 valence electrons. The van der Waals surface area contributed by atoms with E-state index in [1.807, 2.05) is 18.2 Å². The van der Waals surface area contributed by atoms with E-state index in [-0.39, 0.29) is 28.8 Å². The molecule has 0 atom stereocenters. The molecule has 0 fully saturated rings. The number of carbonyl (C=O) groups excluding carboxylic acids is 2. The average Bonchev–Trinajstić information content (AvgIpc) is 2.88. The van der Waals surface area contributed by atoms with Gasteiger partial charge in [-0.05, 0) is 56.7 Å². The van der Waals surface area contributed by atoms with Gasteiger partial charge in [-0.25, -0.2) is 0 Å². The molecule has 0 saturated heterocycles. The lowest BCUT2D eigenvalue weighted by Crippen LogP contribution is -3.00. The van der Waals surface area contributed by atoms with Gasteiger partial charge in [-0.3, -0.25) is 9.59 Å². The molecule has 0 aliphatic carbocycles. The van der Waals surface area contributed by atoms with E-state index in [9.17, 15) is 9.59 Å². The lowest BCUT2D eigenvalue weighted by atomic mass is 10.1. The molecular weight excluding hydrogens is 518 g/mol. The number of quaternary nitrogens is 1. The monoisotopic (exact) mass is 561 g/mol. The Kier molecular flexibility index (Phi) is 15.1. The summed E-state index contributed by atoms with van der Waals surface area (Å²) in [5.74, 6) is 0.270. The summed E-state index contributed by atoms with van der Waals surface area (Å²) in [5, 5.41) is 5.91. The topological polar surface area (TPSA) is 67.4 Å². The first-order valence-corrected chi connectivity index (χ1v) is 13.2. The number of likely N-dealkylation sites (N-methyl/N-ethyl adjacent to an activating group) is 1. The first kappa shape index (κ1) is 31.6. The van der Waals surface area contributed by atoms with E-state index in [0.29, 0.717) is 35.7 Å². The van der Waals surface area contributed by atoms with Gasteiger partial charge in [-0.1, -0.05) is 51.2 Å². The quantitative estimate of drug-likeness (QED) is 0.244. The molecule has 0 unspecified atom stereocenters. The second kappa shape index (κ2) is 17.1. The first-order valence-electron chi connectivity index (χ1n) is 13.2. The highest BCUT2D eigenvalue weighted by Gasteiger charge is 2.17. The van der Waals surface area contributed by atoms with Gasteiger partial charge in [0.2, 0.25) is 0 Å². The van der Waals surface area contributed by atoms with E-state index in [1.54, 1.807) is 30.3 Å². The summed E-state index contributed by atoms with van der Waals surface area (Å²) in [7, 11) is 2.20. The van der Waals surface area contributed by atoms with Crippen molar-refractivity contribution in [2.24, 2.45) is 0 Å². The van der Waals surface area contributed by atoms with E-state index in [0.717, 1.165) is 37.0 Å². The number of nitrogens with zero attached hydrogens (tertiary/aromatic N) is 1. The molecule has 0 aliphatic rings. The van der Waals surface area contributed by atoms with Crippen LogP contribution in [-0.4, -0.2) is 56.1 Å². The van der Waals surface area contributed by atoms with Crippen LogP contribution in [0.1, 0.15) is 80.0 Å². The van der Waals surface area contributed by atoms with Gasteiger partial charge in [0.1, 0.15) is 5.75 Å². The summed E-state index contributed by atoms with van der Waals surface area (Å²) in [6, 6.07) is 14.3.